The van der Waals surface area contributed by atoms with E-state index in [1.54, 1.807) is 0 Å². The van der Waals surface area contributed by atoms with Crippen LogP contribution in [0.3, 0.4) is 0 Å². The normalized spacial score (nSPS) is 28.2. The third kappa shape index (κ3) is 4.92. The van der Waals surface area contributed by atoms with E-state index in [0.29, 0.717) is 25.8 Å². The highest BCUT2D eigenvalue weighted by molar-refractivity contribution is 4.83. The van der Waals surface area contributed by atoms with Gasteiger partial charge in [0.05, 0.1) is 25.4 Å². The summed E-state index contributed by atoms with van der Waals surface area (Å²) in [5.41, 5.74) is 0. The molecule has 4 nitrogen and oxygen atoms in total. The van der Waals surface area contributed by atoms with Gasteiger partial charge in [0.1, 0.15) is 0 Å². The van der Waals surface area contributed by atoms with Gasteiger partial charge in [-0.15, -0.1) is 0 Å². The van der Waals surface area contributed by atoms with E-state index < -0.39 is 6.10 Å². The lowest BCUT2D eigenvalue weighted by atomic mass is 10.2. The monoisotopic (exact) mass is 243 g/mol. The molecule has 0 radical (unpaired) electrons. The molecule has 0 aromatic rings. The van der Waals surface area contributed by atoms with E-state index in [1.165, 1.54) is 12.8 Å². The Morgan fingerprint density at radius 3 is 2.88 bits per heavy atom. The van der Waals surface area contributed by atoms with Gasteiger partial charge in [-0.25, -0.2) is 0 Å². The van der Waals surface area contributed by atoms with Crippen LogP contribution in [0.5, 0.6) is 0 Å². The molecule has 1 aliphatic heterocycles. The Balaban J connectivity index is 1.46. The molecule has 1 saturated carbocycles. The molecule has 0 aromatic carbocycles. The maximum atomic E-state index is 9.75. The second kappa shape index (κ2) is 6.69. The maximum Gasteiger partial charge on any atom is 0.0897 e. The van der Waals surface area contributed by atoms with E-state index in [0.717, 1.165) is 25.4 Å². The molecule has 17 heavy (non-hydrogen) atoms. The van der Waals surface area contributed by atoms with Crippen molar-refractivity contribution in [2.24, 2.45) is 5.92 Å². The highest BCUT2D eigenvalue weighted by atomic mass is 16.5. The zero-order chi connectivity index (χ0) is 12.1. The van der Waals surface area contributed by atoms with Gasteiger partial charge in [0.2, 0.25) is 0 Å². The minimum Gasteiger partial charge on any atom is -0.389 e. The van der Waals surface area contributed by atoms with Gasteiger partial charge in [-0.2, -0.15) is 0 Å². The number of hydrogen-bond acceptors (Lipinski definition) is 4. The maximum absolute atomic E-state index is 9.75. The first kappa shape index (κ1) is 13.3. The van der Waals surface area contributed by atoms with Gasteiger partial charge in [-0.05, 0) is 38.5 Å². The Bertz CT molecular complexity index is 215. The molecule has 1 heterocycles. The number of ether oxygens (including phenoxy) is 2. The highest BCUT2D eigenvalue weighted by Crippen LogP contribution is 2.32. The molecule has 0 spiro atoms. The number of aliphatic hydroxyl groups excluding tert-OH is 1. The average Bonchev–Trinajstić information content (AvgIpc) is 3.05. The zero-order valence-electron chi connectivity index (χ0n) is 10.7. The molecule has 0 bridgehead atoms. The average molecular weight is 243 g/mol. The third-order valence-electron chi connectivity index (χ3n) is 3.64. The lowest BCUT2D eigenvalue weighted by Crippen LogP contribution is -2.37. The van der Waals surface area contributed by atoms with Crippen LogP contribution in [0.1, 0.15) is 32.6 Å². The number of hydrogen-bond donors (Lipinski definition) is 2. The Morgan fingerprint density at radius 1 is 1.41 bits per heavy atom. The van der Waals surface area contributed by atoms with Crippen LogP contribution < -0.4 is 5.32 Å². The van der Waals surface area contributed by atoms with E-state index in [-0.39, 0.29) is 6.10 Å². The molecule has 2 N–H and O–H groups in total. The topological polar surface area (TPSA) is 50.7 Å². The fourth-order valence-corrected chi connectivity index (χ4v) is 2.26. The van der Waals surface area contributed by atoms with Crippen LogP contribution in [-0.2, 0) is 9.47 Å². The fourth-order valence-electron chi connectivity index (χ4n) is 2.26. The van der Waals surface area contributed by atoms with E-state index in [9.17, 15) is 5.11 Å². The molecule has 0 amide bonds. The summed E-state index contributed by atoms with van der Waals surface area (Å²) in [5, 5.41) is 13.1. The fraction of sp³-hybridized carbons (Fsp3) is 1.00. The van der Waals surface area contributed by atoms with Gasteiger partial charge >= 0.3 is 0 Å². The summed E-state index contributed by atoms with van der Waals surface area (Å²) in [5.74, 6) is 0.829. The summed E-state index contributed by atoms with van der Waals surface area (Å²) < 4.78 is 10.9. The van der Waals surface area contributed by atoms with Crippen LogP contribution in [0.4, 0.5) is 0 Å². The lowest BCUT2D eigenvalue weighted by Gasteiger charge is -2.17. The summed E-state index contributed by atoms with van der Waals surface area (Å²) in [6.45, 7) is 4.71. The first-order chi connectivity index (χ1) is 8.25. The molecule has 1 saturated heterocycles. The molecule has 0 aromatic heterocycles. The highest BCUT2D eigenvalue weighted by Gasteiger charge is 2.27. The van der Waals surface area contributed by atoms with Crippen LogP contribution in [0, 0.1) is 5.92 Å². The van der Waals surface area contributed by atoms with Crippen molar-refractivity contribution < 1.29 is 14.6 Å². The molecule has 3 atom stereocenters. The zero-order valence-corrected chi connectivity index (χ0v) is 10.7. The van der Waals surface area contributed by atoms with Gasteiger partial charge in [-0.1, -0.05) is 0 Å². The summed E-state index contributed by atoms with van der Waals surface area (Å²) >= 11 is 0. The molecule has 4 heteroatoms. The molecule has 2 fully saturated rings. The Labute approximate surface area is 104 Å². The number of rotatable bonds is 8. The second-order valence-electron chi connectivity index (χ2n) is 5.36. The van der Waals surface area contributed by atoms with Crippen LogP contribution >= 0.6 is 0 Å². The first-order valence-electron chi connectivity index (χ1n) is 6.86. The van der Waals surface area contributed by atoms with Crippen LogP contribution in [0.15, 0.2) is 0 Å². The standard InChI is InChI=1S/C13H25NO3/c1-10(11-4-5-11)14-7-12(15)8-16-9-13-3-2-6-17-13/h10-15H,2-9H2,1H3. The summed E-state index contributed by atoms with van der Waals surface area (Å²) in [7, 11) is 0. The van der Waals surface area contributed by atoms with Crippen molar-refractivity contribution in [3.8, 4) is 0 Å². The van der Waals surface area contributed by atoms with Crippen molar-refractivity contribution >= 4 is 0 Å². The summed E-state index contributed by atoms with van der Waals surface area (Å²) in [6.07, 6.45) is 4.74. The minimum atomic E-state index is -0.405. The van der Waals surface area contributed by atoms with Crippen LogP contribution in [-0.4, -0.2) is 49.7 Å². The van der Waals surface area contributed by atoms with Crippen molar-refractivity contribution in [1.82, 2.24) is 5.32 Å². The second-order valence-corrected chi connectivity index (χ2v) is 5.36. The molecular formula is C13H25NO3. The Kier molecular flexibility index (Phi) is 5.22. The van der Waals surface area contributed by atoms with Crippen molar-refractivity contribution in [3.05, 3.63) is 0 Å². The van der Waals surface area contributed by atoms with Crippen LogP contribution in [0.2, 0.25) is 0 Å². The quantitative estimate of drug-likeness (QED) is 0.666. The number of aliphatic hydroxyl groups is 1. The Hall–Kier alpha value is -0.160. The number of nitrogens with one attached hydrogen (secondary N) is 1. The van der Waals surface area contributed by atoms with E-state index in [4.69, 9.17) is 9.47 Å². The Morgan fingerprint density at radius 2 is 2.24 bits per heavy atom. The molecule has 2 rings (SSSR count). The lowest BCUT2D eigenvalue weighted by molar-refractivity contribution is -0.0169. The van der Waals surface area contributed by atoms with Gasteiger partial charge in [0, 0.05) is 19.2 Å². The van der Waals surface area contributed by atoms with Gasteiger partial charge in [-0.3, -0.25) is 0 Å². The van der Waals surface area contributed by atoms with E-state index in [2.05, 4.69) is 12.2 Å². The van der Waals surface area contributed by atoms with Crippen LogP contribution in [0.25, 0.3) is 0 Å². The van der Waals surface area contributed by atoms with E-state index >= 15 is 0 Å². The molecular weight excluding hydrogens is 218 g/mol. The SMILES string of the molecule is CC(NCC(O)COCC1CCCO1)C1CC1. The predicted octanol–water partition coefficient (Wildman–Crippen LogP) is 0.931. The summed E-state index contributed by atoms with van der Waals surface area (Å²) in [6, 6.07) is 0.530. The minimum absolute atomic E-state index is 0.251. The van der Waals surface area contributed by atoms with Crippen molar-refractivity contribution in [3.63, 3.8) is 0 Å². The van der Waals surface area contributed by atoms with Gasteiger partial charge in [0.25, 0.3) is 0 Å². The third-order valence-corrected chi connectivity index (χ3v) is 3.64. The van der Waals surface area contributed by atoms with Gasteiger partial charge < -0.3 is 19.9 Å². The first-order valence-corrected chi connectivity index (χ1v) is 6.86. The largest absolute Gasteiger partial charge is 0.389 e. The predicted molar refractivity (Wildman–Crippen MR) is 66.0 cm³/mol. The van der Waals surface area contributed by atoms with Crippen molar-refractivity contribution in [1.29, 1.82) is 0 Å². The molecule has 3 unspecified atom stereocenters. The molecule has 100 valence electrons. The molecule has 2 aliphatic rings. The van der Waals surface area contributed by atoms with Crippen molar-refractivity contribution in [2.45, 2.75) is 50.9 Å². The van der Waals surface area contributed by atoms with E-state index in [1.807, 2.05) is 0 Å². The molecule has 1 aliphatic carbocycles. The summed E-state index contributed by atoms with van der Waals surface area (Å²) in [4.78, 5) is 0. The van der Waals surface area contributed by atoms with Crippen molar-refractivity contribution in [2.75, 3.05) is 26.4 Å². The van der Waals surface area contributed by atoms with Gasteiger partial charge in [0.15, 0.2) is 0 Å². The smallest absolute Gasteiger partial charge is 0.0897 e.